The zero-order valence-electron chi connectivity index (χ0n) is 9.70. The van der Waals surface area contributed by atoms with Gasteiger partial charge in [0.25, 0.3) is 0 Å². The third-order valence-electron chi connectivity index (χ3n) is 1.92. The molecule has 0 amide bonds. The van der Waals surface area contributed by atoms with Crippen LogP contribution in [-0.4, -0.2) is 14.3 Å². The maximum atomic E-state index is 9.50. The highest BCUT2D eigenvalue weighted by Gasteiger charge is 2.03. The summed E-state index contributed by atoms with van der Waals surface area (Å²) in [6, 6.07) is 5.55. The maximum absolute atomic E-state index is 9.50. The Balaban J connectivity index is 0.00000106. The van der Waals surface area contributed by atoms with Gasteiger partial charge in [-0.2, -0.15) is 5.53 Å². The molecule has 1 aromatic carbocycles. The number of halogens is 1. The monoisotopic (exact) mass is 225 g/mol. The van der Waals surface area contributed by atoms with Gasteiger partial charge in [-0.25, -0.2) is 5.01 Å². The van der Waals surface area contributed by atoms with Crippen LogP contribution in [0.3, 0.4) is 0 Å². The Kier molecular flexibility index (Phi) is 6.51. The summed E-state index contributed by atoms with van der Waals surface area (Å²) in [5, 5.41) is 4.68. The van der Waals surface area contributed by atoms with Gasteiger partial charge in [-0.3, -0.25) is 4.39 Å². The predicted molar refractivity (Wildman–Crippen MR) is 62.6 cm³/mol. The standard InChI is InChI=1S/C10H13N3O.CH3F/c1-4-13(12-11)9-5-6-10(14-3)8(2)7-9;1-2/h4-7,11H,1H2,2-3H3;1H3. The molecule has 0 atom stereocenters. The number of hydrogen-bond acceptors (Lipinski definition) is 3. The third kappa shape index (κ3) is 3.34. The first-order valence-electron chi connectivity index (χ1n) is 4.54. The van der Waals surface area contributed by atoms with Crippen LogP contribution in [0, 0.1) is 12.5 Å². The summed E-state index contributed by atoms with van der Waals surface area (Å²) in [5.74, 6) is 0.822. The van der Waals surface area contributed by atoms with Gasteiger partial charge in [-0.1, -0.05) is 11.8 Å². The van der Waals surface area contributed by atoms with E-state index in [1.165, 1.54) is 11.2 Å². The zero-order chi connectivity index (χ0) is 12.6. The summed E-state index contributed by atoms with van der Waals surface area (Å²) in [5.41, 5.74) is 8.71. The first kappa shape index (κ1) is 14.1. The molecule has 0 heterocycles. The SMILES string of the molecule is C=CN(N=N)c1ccc(OC)c(C)c1.CF. The second-order valence-electron chi connectivity index (χ2n) is 2.78. The molecule has 0 aliphatic heterocycles. The third-order valence-corrected chi connectivity index (χ3v) is 1.92. The maximum Gasteiger partial charge on any atom is 0.121 e. The van der Waals surface area contributed by atoms with Crippen LogP contribution in [0.4, 0.5) is 10.1 Å². The molecule has 0 fully saturated rings. The highest BCUT2D eigenvalue weighted by Crippen LogP contribution is 2.24. The molecular formula is C11H16FN3O. The highest BCUT2D eigenvalue weighted by molar-refractivity contribution is 5.53. The number of rotatable bonds is 4. The number of anilines is 1. The molecule has 0 aromatic heterocycles. The molecule has 0 aliphatic carbocycles. The molecule has 0 aliphatic rings. The van der Waals surface area contributed by atoms with Crippen molar-refractivity contribution in [2.75, 3.05) is 19.3 Å². The second kappa shape index (κ2) is 7.39. The minimum absolute atomic E-state index is 0.500. The normalized spacial score (nSPS) is 8.50. The van der Waals surface area contributed by atoms with E-state index in [-0.39, 0.29) is 0 Å². The molecule has 0 bridgehead atoms. The number of nitrogens with zero attached hydrogens (tertiary/aromatic N) is 2. The van der Waals surface area contributed by atoms with E-state index >= 15 is 0 Å². The van der Waals surface area contributed by atoms with Crippen LogP contribution >= 0.6 is 0 Å². The molecule has 1 N–H and O–H groups in total. The van der Waals surface area contributed by atoms with Crippen LogP contribution in [0.25, 0.3) is 0 Å². The van der Waals surface area contributed by atoms with Gasteiger partial charge in [0.1, 0.15) is 5.75 Å². The van der Waals surface area contributed by atoms with Crippen LogP contribution < -0.4 is 9.75 Å². The lowest BCUT2D eigenvalue weighted by atomic mass is 10.2. The topological polar surface area (TPSA) is 48.7 Å². The molecule has 0 radical (unpaired) electrons. The van der Waals surface area contributed by atoms with E-state index in [9.17, 15) is 4.39 Å². The fourth-order valence-electron chi connectivity index (χ4n) is 1.21. The lowest BCUT2D eigenvalue weighted by Gasteiger charge is -2.13. The van der Waals surface area contributed by atoms with Gasteiger partial charge in [-0.15, -0.1) is 0 Å². The molecule has 4 nitrogen and oxygen atoms in total. The van der Waals surface area contributed by atoms with Crippen molar-refractivity contribution in [2.45, 2.75) is 6.92 Å². The van der Waals surface area contributed by atoms with E-state index < -0.39 is 0 Å². The largest absolute Gasteiger partial charge is 0.496 e. The summed E-state index contributed by atoms with van der Waals surface area (Å²) in [7, 11) is 2.13. The number of aryl methyl sites for hydroxylation is 1. The van der Waals surface area contributed by atoms with Gasteiger partial charge in [0, 0.05) is 6.20 Å². The Morgan fingerprint density at radius 2 is 2.12 bits per heavy atom. The van der Waals surface area contributed by atoms with E-state index in [0.717, 1.165) is 17.0 Å². The minimum Gasteiger partial charge on any atom is -0.496 e. The molecule has 0 saturated carbocycles. The van der Waals surface area contributed by atoms with Crippen molar-refractivity contribution in [1.29, 1.82) is 5.53 Å². The molecular weight excluding hydrogens is 209 g/mol. The number of hydrogen-bond donors (Lipinski definition) is 1. The van der Waals surface area contributed by atoms with Gasteiger partial charge in [0.05, 0.1) is 20.0 Å². The van der Waals surface area contributed by atoms with E-state index in [0.29, 0.717) is 7.18 Å². The van der Waals surface area contributed by atoms with Crippen molar-refractivity contribution in [3.63, 3.8) is 0 Å². The van der Waals surface area contributed by atoms with E-state index in [4.69, 9.17) is 10.3 Å². The molecule has 1 rings (SSSR count). The predicted octanol–water partition coefficient (Wildman–Crippen LogP) is 3.49. The first-order valence-corrected chi connectivity index (χ1v) is 4.54. The molecule has 1 aromatic rings. The highest BCUT2D eigenvalue weighted by atomic mass is 19.1. The minimum atomic E-state index is 0.500. The fourth-order valence-corrected chi connectivity index (χ4v) is 1.21. The summed E-state index contributed by atoms with van der Waals surface area (Å²) < 4.78 is 14.6. The Hall–Kier alpha value is -1.91. The molecule has 16 heavy (non-hydrogen) atoms. The quantitative estimate of drug-likeness (QED) is 0.630. The summed E-state index contributed by atoms with van der Waals surface area (Å²) in [4.78, 5) is 0. The molecule has 0 saturated heterocycles. The van der Waals surface area contributed by atoms with Crippen molar-refractivity contribution in [3.05, 3.63) is 36.5 Å². The Labute approximate surface area is 94.8 Å². The van der Waals surface area contributed by atoms with Gasteiger partial charge < -0.3 is 4.74 Å². The van der Waals surface area contributed by atoms with Gasteiger partial charge >= 0.3 is 0 Å². The lowest BCUT2D eigenvalue weighted by molar-refractivity contribution is 0.411. The first-order chi connectivity index (χ1) is 7.72. The van der Waals surface area contributed by atoms with Crippen LogP contribution in [0.5, 0.6) is 5.75 Å². The Morgan fingerprint density at radius 3 is 2.50 bits per heavy atom. The van der Waals surface area contributed by atoms with Crippen molar-refractivity contribution in [2.24, 2.45) is 5.22 Å². The summed E-state index contributed by atoms with van der Waals surface area (Å²) >= 11 is 0. The molecule has 0 unspecified atom stereocenters. The van der Waals surface area contributed by atoms with Gasteiger partial charge in [0.2, 0.25) is 0 Å². The van der Waals surface area contributed by atoms with Crippen LogP contribution in [0.1, 0.15) is 5.56 Å². The molecule has 0 spiro atoms. The smallest absolute Gasteiger partial charge is 0.121 e. The van der Waals surface area contributed by atoms with E-state index in [1.807, 2.05) is 25.1 Å². The van der Waals surface area contributed by atoms with Gasteiger partial charge in [0.15, 0.2) is 0 Å². The molecule has 5 heteroatoms. The average Bonchev–Trinajstić information content (AvgIpc) is 2.33. The number of methoxy groups -OCH3 is 1. The van der Waals surface area contributed by atoms with Crippen LogP contribution in [0.2, 0.25) is 0 Å². The number of alkyl halides is 1. The molecule has 88 valence electrons. The zero-order valence-corrected chi connectivity index (χ0v) is 9.70. The van der Waals surface area contributed by atoms with E-state index in [2.05, 4.69) is 11.8 Å². The Morgan fingerprint density at radius 1 is 1.50 bits per heavy atom. The van der Waals surface area contributed by atoms with Crippen LogP contribution in [-0.2, 0) is 0 Å². The van der Waals surface area contributed by atoms with Crippen molar-refractivity contribution in [1.82, 2.24) is 0 Å². The Bertz CT molecular complexity index is 347. The second-order valence-corrected chi connectivity index (χ2v) is 2.78. The van der Waals surface area contributed by atoms with Crippen molar-refractivity contribution in [3.8, 4) is 5.75 Å². The van der Waals surface area contributed by atoms with E-state index in [1.54, 1.807) is 7.11 Å². The number of ether oxygens (including phenoxy) is 1. The van der Waals surface area contributed by atoms with Gasteiger partial charge in [-0.05, 0) is 30.7 Å². The summed E-state index contributed by atoms with van der Waals surface area (Å²) in [6.07, 6.45) is 1.48. The summed E-state index contributed by atoms with van der Waals surface area (Å²) in [6.45, 7) is 5.50. The fraction of sp³-hybridized carbons (Fsp3) is 0.273. The number of nitrogens with one attached hydrogen (secondary N) is 1. The lowest BCUT2D eigenvalue weighted by Crippen LogP contribution is -2.05. The van der Waals surface area contributed by atoms with Crippen molar-refractivity contribution >= 4 is 5.69 Å². The van der Waals surface area contributed by atoms with Crippen LogP contribution in [0.15, 0.2) is 36.2 Å². The number of benzene rings is 1. The van der Waals surface area contributed by atoms with Crippen molar-refractivity contribution < 1.29 is 9.13 Å². The average molecular weight is 225 g/mol.